The third kappa shape index (κ3) is 1.18. The summed E-state index contributed by atoms with van der Waals surface area (Å²) in [4.78, 5) is 24.7. The van der Waals surface area contributed by atoms with Crippen LogP contribution >= 0.6 is 11.8 Å². The molecule has 3 atom stereocenters. The van der Waals surface area contributed by atoms with E-state index in [4.69, 9.17) is 5.11 Å². The number of nitrogens with zero attached hydrogens (tertiary/aromatic N) is 1. The molecule has 2 saturated heterocycles. The van der Waals surface area contributed by atoms with E-state index in [1.807, 2.05) is 0 Å². The van der Waals surface area contributed by atoms with E-state index in [-0.39, 0.29) is 10.8 Å². The summed E-state index contributed by atoms with van der Waals surface area (Å²) in [5, 5.41) is 9.16. The quantitative estimate of drug-likeness (QED) is 0.752. The van der Waals surface area contributed by atoms with Crippen molar-refractivity contribution in [3.05, 3.63) is 0 Å². The van der Waals surface area contributed by atoms with Gasteiger partial charge in [-0.3, -0.25) is 4.79 Å². The SMILES string of the molecule is O=C(O)[C@@H]1CS[C@@]23CCCC[C@@H]2CC(=O)N13. The summed E-state index contributed by atoms with van der Waals surface area (Å²) in [6, 6.07) is -0.583. The van der Waals surface area contributed by atoms with Crippen LogP contribution in [0.4, 0.5) is 0 Å². The minimum atomic E-state index is -0.844. The normalized spacial score (nSPS) is 42.0. The Bertz CT molecular complexity index is 359. The summed E-state index contributed by atoms with van der Waals surface area (Å²) in [5.41, 5.74) is 0. The highest BCUT2D eigenvalue weighted by molar-refractivity contribution is 8.01. The van der Waals surface area contributed by atoms with Gasteiger partial charge < -0.3 is 10.0 Å². The Kier molecular flexibility index (Phi) is 2.21. The van der Waals surface area contributed by atoms with Gasteiger partial charge in [0.25, 0.3) is 0 Å². The lowest BCUT2D eigenvalue weighted by Crippen LogP contribution is -2.50. The molecule has 0 aromatic carbocycles. The third-order valence-electron chi connectivity index (χ3n) is 4.16. The van der Waals surface area contributed by atoms with Crippen LogP contribution in [0, 0.1) is 5.92 Å². The van der Waals surface area contributed by atoms with E-state index < -0.39 is 12.0 Å². The minimum absolute atomic E-state index is 0.0595. The van der Waals surface area contributed by atoms with Crippen LogP contribution in [0.1, 0.15) is 32.1 Å². The van der Waals surface area contributed by atoms with Gasteiger partial charge in [0.15, 0.2) is 0 Å². The summed E-state index contributed by atoms with van der Waals surface area (Å²) in [7, 11) is 0. The summed E-state index contributed by atoms with van der Waals surface area (Å²) < 4.78 is 0. The van der Waals surface area contributed by atoms with Crippen molar-refractivity contribution in [3.8, 4) is 0 Å². The summed E-state index contributed by atoms with van der Waals surface area (Å²) in [6.45, 7) is 0. The first kappa shape index (κ1) is 10.4. The summed E-state index contributed by atoms with van der Waals surface area (Å²) >= 11 is 1.71. The van der Waals surface area contributed by atoms with Crippen molar-refractivity contribution >= 4 is 23.6 Å². The van der Waals surface area contributed by atoms with Gasteiger partial charge in [0, 0.05) is 18.1 Å². The molecule has 2 aliphatic heterocycles. The second-order valence-corrected chi connectivity index (χ2v) is 6.25. The van der Waals surface area contributed by atoms with Gasteiger partial charge in [-0.25, -0.2) is 4.79 Å². The maximum atomic E-state index is 12.0. The zero-order chi connectivity index (χ0) is 11.3. The number of rotatable bonds is 1. The molecule has 88 valence electrons. The number of hydrogen-bond donors (Lipinski definition) is 1. The molecule has 1 amide bonds. The van der Waals surface area contributed by atoms with Crippen LogP contribution in [0.15, 0.2) is 0 Å². The average molecular weight is 241 g/mol. The molecule has 5 heteroatoms. The molecule has 3 aliphatic rings. The molecule has 0 bridgehead atoms. The average Bonchev–Trinajstić information content (AvgIpc) is 2.73. The van der Waals surface area contributed by atoms with E-state index in [1.165, 1.54) is 6.42 Å². The molecular weight excluding hydrogens is 226 g/mol. The van der Waals surface area contributed by atoms with Crippen molar-refractivity contribution in [2.45, 2.75) is 43.0 Å². The Morgan fingerprint density at radius 1 is 1.50 bits per heavy atom. The van der Waals surface area contributed by atoms with E-state index in [0.717, 1.165) is 19.3 Å². The fourth-order valence-corrected chi connectivity index (χ4v) is 5.31. The van der Waals surface area contributed by atoms with Crippen molar-refractivity contribution in [2.75, 3.05) is 5.75 Å². The number of carbonyl (C=O) groups excluding carboxylic acids is 1. The Balaban J connectivity index is 1.98. The number of hydrogen-bond acceptors (Lipinski definition) is 3. The van der Waals surface area contributed by atoms with Gasteiger partial charge in [-0.1, -0.05) is 12.8 Å². The van der Waals surface area contributed by atoms with E-state index in [2.05, 4.69) is 0 Å². The molecule has 4 nitrogen and oxygen atoms in total. The molecular formula is C11H15NO3S. The van der Waals surface area contributed by atoms with Gasteiger partial charge in [0.05, 0.1) is 4.87 Å². The highest BCUT2D eigenvalue weighted by Crippen LogP contribution is 2.57. The molecule has 0 aromatic heterocycles. The lowest BCUT2D eigenvalue weighted by molar-refractivity contribution is -0.148. The van der Waals surface area contributed by atoms with Crippen LogP contribution in [-0.2, 0) is 9.59 Å². The molecule has 1 saturated carbocycles. The standard InChI is InChI=1S/C11H15NO3S/c13-9-5-7-3-1-2-4-11(7)12(9)8(6-16-11)10(14)15/h7-8H,1-6H2,(H,14,15)/t7-,8+,11+/m1/s1. The van der Waals surface area contributed by atoms with Crippen LogP contribution in [0.5, 0.6) is 0 Å². The molecule has 2 heterocycles. The van der Waals surface area contributed by atoms with E-state index in [0.29, 0.717) is 18.1 Å². The molecule has 3 rings (SSSR count). The van der Waals surface area contributed by atoms with E-state index in [1.54, 1.807) is 16.7 Å². The van der Waals surface area contributed by atoms with Crippen molar-refractivity contribution in [1.82, 2.24) is 4.90 Å². The molecule has 0 aromatic rings. The maximum Gasteiger partial charge on any atom is 0.327 e. The van der Waals surface area contributed by atoms with Crippen molar-refractivity contribution in [1.29, 1.82) is 0 Å². The van der Waals surface area contributed by atoms with Gasteiger partial charge in [-0.05, 0) is 12.8 Å². The maximum absolute atomic E-state index is 12.0. The molecule has 1 N–H and O–H groups in total. The predicted octanol–water partition coefficient (Wildman–Crippen LogP) is 1.31. The monoisotopic (exact) mass is 241 g/mol. The number of carboxylic acid groups (broad SMARTS) is 1. The lowest BCUT2D eigenvalue weighted by atomic mass is 9.84. The Hall–Kier alpha value is -0.710. The van der Waals surface area contributed by atoms with Crippen LogP contribution in [0.25, 0.3) is 0 Å². The lowest BCUT2D eigenvalue weighted by Gasteiger charge is -2.40. The highest BCUT2D eigenvalue weighted by Gasteiger charge is 2.61. The largest absolute Gasteiger partial charge is 0.480 e. The molecule has 0 unspecified atom stereocenters. The van der Waals surface area contributed by atoms with Crippen LogP contribution < -0.4 is 0 Å². The number of thioether (sulfide) groups is 1. The fraction of sp³-hybridized carbons (Fsp3) is 0.818. The number of carbonyl (C=O) groups is 2. The first-order chi connectivity index (χ1) is 7.65. The van der Waals surface area contributed by atoms with Crippen molar-refractivity contribution in [2.24, 2.45) is 5.92 Å². The van der Waals surface area contributed by atoms with Crippen molar-refractivity contribution < 1.29 is 14.7 Å². The number of carboxylic acids is 1. The summed E-state index contributed by atoms with van der Waals surface area (Å²) in [6.07, 6.45) is 4.95. The first-order valence-electron chi connectivity index (χ1n) is 5.84. The van der Waals surface area contributed by atoms with Gasteiger partial charge >= 0.3 is 5.97 Å². The first-order valence-corrected chi connectivity index (χ1v) is 6.82. The zero-order valence-electron chi connectivity index (χ0n) is 9.02. The van der Waals surface area contributed by atoms with Crippen LogP contribution in [-0.4, -0.2) is 38.5 Å². The fourth-order valence-electron chi connectivity index (χ4n) is 3.47. The smallest absolute Gasteiger partial charge is 0.327 e. The minimum Gasteiger partial charge on any atom is -0.480 e. The molecule has 1 aliphatic carbocycles. The van der Waals surface area contributed by atoms with Crippen LogP contribution in [0.3, 0.4) is 0 Å². The Labute approximate surface area is 98.4 Å². The predicted molar refractivity (Wildman–Crippen MR) is 60.0 cm³/mol. The second-order valence-electron chi connectivity index (χ2n) is 4.92. The molecule has 1 spiro atoms. The topological polar surface area (TPSA) is 57.6 Å². The Morgan fingerprint density at radius 3 is 3.06 bits per heavy atom. The van der Waals surface area contributed by atoms with Crippen molar-refractivity contribution in [3.63, 3.8) is 0 Å². The van der Waals surface area contributed by atoms with Gasteiger partial charge in [-0.2, -0.15) is 0 Å². The van der Waals surface area contributed by atoms with Crippen LogP contribution in [0.2, 0.25) is 0 Å². The number of amides is 1. The highest BCUT2D eigenvalue weighted by atomic mass is 32.2. The van der Waals surface area contributed by atoms with Gasteiger partial charge in [0.2, 0.25) is 5.91 Å². The van der Waals surface area contributed by atoms with Gasteiger partial charge in [0.1, 0.15) is 6.04 Å². The Morgan fingerprint density at radius 2 is 2.31 bits per heavy atom. The third-order valence-corrected chi connectivity index (χ3v) is 5.88. The zero-order valence-corrected chi connectivity index (χ0v) is 9.83. The molecule has 3 fully saturated rings. The molecule has 0 radical (unpaired) electrons. The number of aliphatic carboxylic acids is 1. The molecule has 16 heavy (non-hydrogen) atoms. The van der Waals surface area contributed by atoms with E-state index in [9.17, 15) is 9.59 Å². The second kappa shape index (κ2) is 3.39. The van der Waals surface area contributed by atoms with E-state index >= 15 is 0 Å². The van der Waals surface area contributed by atoms with Gasteiger partial charge in [-0.15, -0.1) is 11.8 Å². The summed E-state index contributed by atoms with van der Waals surface area (Å²) in [5.74, 6) is 0.175.